The van der Waals surface area contributed by atoms with Crippen LogP contribution in [0.15, 0.2) is 60.0 Å². The van der Waals surface area contributed by atoms with E-state index >= 15 is 0 Å². The number of rotatable bonds is 6. The summed E-state index contributed by atoms with van der Waals surface area (Å²) in [6, 6.07) is 13.0. The molecule has 2 heterocycles. The molecule has 2 aromatic carbocycles. The second kappa shape index (κ2) is 8.61. The van der Waals surface area contributed by atoms with Crippen molar-refractivity contribution in [3.8, 4) is 0 Å². The molecule has 0 aliphatic carbocycles. The summed E-state index contributed by atoms with van der Waals surface area (Å²) in [4.78, 5) is 5.12. The van der Waals surface area contributed by atoms with Crippen molar-refractivity contribution < 1.29 is 9.47 Å². The molecule has 28 heavy (non-hydrogen) atoms. The van der Waals surface area contributed by atoms with Gasteiger partial charge in [-0.3, -0.25) is 0 Å². The number of benzene rings is 2. The third-order valence-electron chi connectivity index (χ3n) is 4.29. The summed E-state index contributed by atoms with van der Waals surface area (Å²) in [5, 5.41) is 5.94. The number of ether oxygens (including phenoxy) is 2. The van der Waals surface area contributed by atoms with E-state index in [0.717, 1.165) is 10.6 Å². The lowest BCUT2D eigenvalue weighted by Crippen LogP contribution is -2.34. The summed E-state index contributed by atoms with van der Waals surface area (Å²) >= 11 is 20.2. The summed E-state index contributed by atoms with van der Waals surface area (Å²) < 4.78 is 14.2. The van der Waals surface area contributed by atoms with Crippen molar-refractivity contribution in [3.63, 3.8) is 0 Å². The minimum atomic E-state index is -1.05. The summed E-state index contributed by atoms with van der Waals surface area (Å²) in [5.41, 5.74) is 0.716. The van der Waals surface area contributed by atoms with Crippen LogP contribution in [0.5, 0.6) is 0 Å². The van der Waals surface area contributed by atoms with Crippen LogP contribution in [0.1, 0.15) is 5.56 Å². The van der Waals surface area contributed by atoms with Gasteiger partial charge in [-0.1, -0.05) is 40.9 Å². The van der Waals surface area contributed by atoms with E-state index in [4.69, 9.17) is 44.3 Å². The zero-order valence-corrected chi connectivity index (χ0v) is 17.7. The SMILES string of the molecule is Clc1ccc(SCC2COC(Cn3cncn3)(c3ccc(Cl)cc3Cl)O2)cc1. The molecule has 0 bridgehead atoms. The van der Waals surface area contributed by atoms with E-state index in [9.17, 15) is 0 Å². The van der Waals surface area contributed by atoms with Crippen molar-refractivity contribution in [3.05, 3.63) is 75.8 Å². The maximum atomic E-state index is 6.47. The molecule has 1 aromatic heterocycles. The molecule has 146 valence electrons. The van der Waals surface area contributed by atoms with Crippen molar-refractivity contribution >= 4 is 46.6 Å². The van der Waals surface area contributed by atoms with E-state index in [0.29, 0.717) is 33.8 Å². The Labute approximate surface area is 181 Å². The Balaban J connectivity index is 1.54. The van der Waals surface area contributed by atoms with Gasteiger partial charge in [0.15, 0.2) is 0 Å². The zero-order chi connectivity index (χ0) is 19.6. The van der Waals surface area contributed by atoms with Crippen molar-refractivity contribution in [2.24, 2.45) is 0 Å². The molecule has 2 unspecified atom stereocenters. The number of hydrogen-bond donors (Lipinski definition) is 0. The number of nitrogens with zero attached hydrogens (tertiary/aromatic N) is 3. The third-order valence-corrected chi connectivity index (χ3v) is 6.23. The average molecular weight is 457 g/mol. The lowest BCUT2D eigenvalue weighted by molar-refractivity contribution is -0.186. The van der Waals surface area contributed by atoms with Crippen LogP contribution in [0.25, 0.3) is 0 Å². The fourth-order valence-corrected chi connectivity index (χ4v) is 4.55. The highest BCUT2D eigenvalue weighted by molar-refractivity contribution is 7.99. The Bertz CT molecular complexity index is 940. The van der Waals surface area contributed by atoms with Gasteiger partial charge < -0.3 is 9.47 Å². The molecule has 4 rings (SSSR count). The van der Waals surface area contributed by atoms with Crippen LogP contribution in [0.2, 0.25) is 15.1 Å². The second-order valence-electron chi connectivity index (χ2n) is 6.29. The Hall–Kier alpha value is -1.28. The molecule has 0 radical (unpaired) electrons. The van der Waals surface area contributed by atoms with Crippen LogP contribution < -0.4 is 0 Å². The fraction of sp³-hybridized carbons (Fsp3) is 0.263. The molecular formula is C19H16Cl3N3O2S. The highest BCUT2D eigenvalue weighted by atomic mass is 35.5. The molecule has 0 spiro atoms. The lowest BCUT2D eigenvalue weighted by Gasteiger charge is -2.29. The van der Waals surface area contributed by atoms with Gasteiger partial charge in [0.05, 0.1) is 17.7 Å². The summed E-state index contributed by atoms with van der Waals surface area (Å²) in [5.74, 6) is -0.327. The minimum absolute atomic E-state index is 0.115. The fourth-order valence-electron chi connectivity index (χ4n) is 3.00. The van der Waals surface area contributed by atoms with E-state index in [1.807, 2.05) is 30.3 Å². The smallest absolute Gasteiger partial charge is 0.217 e. The molecule has 1 aliphatic heterocycles. The average Bonchev–Trinajstić information content (AvgIpc) is 3.32. The largest absolute Gasteiger partial charge is 0.342 e. The van der Waals surface area contributed by atoms with E-state index in [2.05, 4.69) is 10.1 Å². The molecule has 0 saturated carbocycles. The Morgan fingerprint density at radius 3 is 2.61 bits per heavy atom. The normalized spacial score (nSPS) is 21.9. The van der Waals surface area contributed by atoms with Crippen molar-refractivity contribution in [1.29, 1.82) is 0 Å². The first-order valence-corrected chi connectivity index (χ1v) is 10.6. The molecule has 5 nitrogen and oxygen atoms in total. The maximum Gasteiger partial charge on any atom is 0.217 e. The zero-order valence-electron chi connectivity index (χ0n) is 14.6. The Morgan fingerprint density at radius 1 is 1.11 bits per heavy atom. The molecule has 2 atom stereocenters. The topological polar surface area (TPSA) is 49.2 Å². The Morgan fingerprint density at radius 2 is 1.89 bits per heavy atom. The van der Waals surface area contributed by atoms with Crippen LogP contribution in [0.3, 0.4) is 0 Å². The number of aromatic nitrogens is 3. The summed E-state index contributed by atoms with van der Waals surface area (Å²) in [6.07, 6.45) is 2.98. The van der Waals surface area contributed by atoms with Crippen LogP contribution >= 0.6 is 46.6 Å². The highest BCUT2D eigenvalue weighted by Crippen LogP contribution is 2.41. The van der Waals surface area contributed by atoms with E-state index < -0.39 is 5.79 Å². The molecule has 1 fully saturated rings. The monoisotopic (exact) mass is 455 g/mol. The van der Waals surface area contributed by atoms with E-state index in [-0.39, 0.29) is 6.10 Å². The lowest BCUT2D eigenvalue weighted by atomic mass is 10.1. The van der Waals surface area contributed by atoms with Gasteiger partial charge in [-0.15, -0.1) is 11.8 Å². The minimum Gasteiger partial charge on any atom is -0.342 e. The number of halogens is 3. The molecule has 1 aliphatic rings. The van der Waals surface area contributed by atoms with E-state index in [1.165, 1.54) is 6.33 Å². The standard InChI is InChI=1S/C19H16Cl3N3O2S/c20-13-1-4-16(5-2-13)28-9-15-8-26-19(27-15,10-25-12-23-11-24-25)17-6-3-14(21)7-18(17)22/h1-7,11-12,15H,8-10H2. The third kappa shape index (κ3) is 4.48. The van der Waals surface area contributed by atoms with Crippen LogP contribution in [-0.2, 0) is 21.8 Å². The Kier molecular flexibility index (Phi) is 6.16. The number of thioether (sulfide) groups is 1. The van der Waals surface area contributed by atoms with Gasteiger partial charge in [-0.05, 0) is 36.4 Å². The van der Waals surface area contributed by atoms with Gasteiger partial charge >= 0.3 is 0 Å². The molecule has 0 N–H and O–H groups in total. The molecular weight excluding hydrogens is 441 g/mol. The first kappa shape index (κ1) is 20.0. The predicted molar refractivity (Wildman–Crippen MR) is 111 cm³/mol. The second-order valence-corrected chi connectivity index (χ2v) is 8.66. The number of hydrogen-bond acceptors (Lipinski definition) is 5. The molecule has 3 aromatic rings. The van der Waals surface area contributed by atoms with E-state index in [1.54, 1.807) is 34.9 Å². The van der Waals surface area contributed by atoms with Crippen molar-refractivity contribution in [2.75, 3.05) is 12.4 Å². The highest BCUT2D eigenvalue weighted by Gasteiger charge is 2.45. The van der Waals surface area contributed by atoms with Gasteiger partial charge in [0.1, 0.15) is 19.2 Å². The van der Waals surface area contributed by atoms with Gasteiger partial charge in [-0.25, -0.2) is 9.67 Å². The van der Waals surface area contributed by atoms with Gasteiger partial charge in [0.2, 0.25) is 5.79 Å². The van der Waals surface area contributed by atoms with Crippen LogP contribution in [0.4, 0.5) is 0 Å². The molecule has 1 saturated heterocycles. The summed E-state index contributed by atoms with van der Waals surface area (Å²) in [6.45, 7) is 0.769. The first-order valence-electron chi connectivity index (χ1n) is 8.52. The van der Waals surface area contributed by atoms with Gasteiger partial charge in [-0.2, -0.15) is 5.10 Å². The van der Waals surface area contributed by atoms with Crippen molar-refractivity contribution in [2.45, 2.75) is 23.3 Å². The molecule has 0 amide bonds. The quantitative estimate of drug-likeness (QED) is 0.471. The first-order chi connectivity index (χ1) is 13.5. The predicted octanol–water partition coefficient (Wildman–Crippen LogP) is 5.30. The summed E-state index contributed by atoms with van der Waals surface area (Å²) in [7, 11) is 0. The van der Waals surface area contributed by atoms with Crippen LogP contribution in [-0.4, -0.2) is 33.2 Å². The maximum absolute atomic E-state index is 6.47. The van der Waals surface area contributed by atoms with Gasteiger partial charge in [0.25, 0.3) is 0 Å². The van der Waals surface area contributed by atoms with Gasteiger partial charge in [0, 0.05) is 26.3 Å². The van der Waals surface area contributed by atoms with Crippen LogP contribution in [0, 0.1) is 0 Å². The van der Waals surface area contributed by atoms with Crippen molar-refractivity contribution in [1.82, 2.24) is 14.8 Å². The molecule has 9 heteroatoms.